The van der Waals surface area contributed by atoms with Gasteiger partial charge in [-0.15, -0.1) is 0 Å². The Morgan fingerprint density at radius 1 is 1.50 bits per heavy atom. The van der Waals surface area contributed by atoms with Gasteiger partial charge in [-0.1, -0.05) is 0 Å². The van der Waals surface area contributed by atoms with E-state index in [1.165, 1.54) is 0 Å². The zero-order valence-corrected chi connectivity index (χ0v) is 5.56. The van der Waals surface area contributed by atoms with Crippen molar-refractivity contribution in [1.29, 1.82) is 0 Å². The zero-order chi connectivity index (χ0) is 3.58. The third-order valence-corrected chi connectivity index (χ3v) is 0. The van der Waals surface area contributed by atoms with E-state index in [2.05, 4.69) is 0 Å². The van der Waals surface area contributed by atoms with Crippen LogP contribution in [0.5, 0.6) is 0 Å². The van der Waals surface area contributed by atoms with Gasteiger partial charge in [0.05, 0.1) is 0 Å². The fourth-order valence-electron chi connectivity index (χ4n) is 0. The predicted octanol–water partition coefficient (Wildman–Crippen LogP) is -0.889. The van der Waals surface area contributed by atoms with Crippen LogP contribution >= 0.6 is 0 Å². The Labute approximate surface area is 35.6 Å². The molecule has 0 unspecified atom stereocenters. The van der Waals surface area contributed by atoms with Gasteiger partial charge < -0.3 is 0 Å². The second kappa shape index (κ2) is 2.07. The molecule has 0 N–H and O–H groups in total. The maximum absolute atomic E-state index is 9.11. The van der Waals surface area contributed by atoms with Gasteiger partial charge >= 0.3 is 35.3 Å². The molecule has 0 amide bonds. The topological polar surface area (TPSA) is 34.1 Å². The molecule has 2 nitrogen and oxygen atoms in total. The van der Waals surface area contributed by atoms with Crippen LogP contribution in [0, 0.1) is 0 Å². The van der Waals surface area contributed by atoms with Gasteiger partial charge in [0.2, 0.25) is 0 Å². The maximum atomic E-state index is 9.11. The molecule has 0 aromatic carbocycles. The van der Waals surface area contributed by atoms with E-state index >= 15 is 0 Å². The molecule has 0 aliphatic rings. The minimum atomic E-state index is -2.92. The molecule has 0 rings (SSSR count). The van der Waals surface area contributed by atoms with Crippen LogP contribution in [-0.4, -0.2) is 13.4 Å². The second-order valence-corrected chi connectivity index (χ2v) is 4.99. The van der Waals surface area contributed by atoms with Crippen molar-refractivity contribution in [2.24, 2.45) is 0 Å². The molecule has 0 saturated heterocycles. The Kier molecular flexibility index (Phi) is 2.49. The van der Waals surface area contributed by atoms with E-state index in [0.717, 1.165) is 0 Å². The monoisotopic (exact) mass is 211 g/mol. The van der Waals surface area contributed by atoms with Crippen LogP contribution < -0.4 is 0 Å². The van der Waals surface area contributed by atoms with Gasteiger partial charge in [-0.2, -0.15) is 0 Å². The van der Waals surface area contributed by atoms with Gasteiger partial charge in [-0.25, -0.2) is 0 Å². The van der Waals surface area contributed by atoms with Gasteiger partial charge in [0.1, 0.15) is 0 Å². The predicted molar refractivity (Wildman–Crippen MR) is 8.52 cm³/mol. The van der Waals surface area contributed by atoms with Crippen molar-refractivity contribution >= 4 is 13.4 Å². The summed E-state index contributed by atoms with van der Waals surface area (Å²) in [6.45, 7) is 0. The third kappa shape index (κ3) is 14.1. The fourth-order valence-corrected chi connectivity index (χ4v) is 0. The number of hydrogen-bond donors (Lipinski definition) is 0. The minimum absolute atomic E-state index is 1.59. The van der Waals surface area contributed by atoms with Gasteiger partial charge in [0.25, 0.3) is 0 Å². The molecule has 0 radical (unpaired) electrons. The summed E-state index contributed by atoms with van der Waals surface area (Å²) in [7, 11) is 0. The molecule has 4 heavy (non-hydrogen) atoms. The summed E-state index contributed by atoms with van der Waals surface area (Å²) in [6, 6.07) is 0. The Hall–Kier alpha value is 0.808. The Bertz CT molecular complexity index is 54.4. The summed E-state index contributed by atoms with van der Waals surface area (Å²) < 4.78 is 18.2. The summed E-state index contributed by atoms with van der Waals surface area (Å²) in [5, 5.41) is 0. The molecule has 0 atom stereocenters. The number of rotatable bonds is 0. The van der Waals surface area contributed by atoms with Gasteiger partial charge in [0, 0.05) is 0 Å². The van der Waals surface area contributed by atoms with Crippen LogP contribution in [0.3, 0.4) is 0 Å². The van der Waals surface area contributed by atoms with Gasteiger partial charge in [0.15, 0.2) is 0 Å². The van der Waals surface area contributed by atoms with E-state index in [4.69, 9.17) is 6.80 Å². The van der Waals surface area contributed by atoms with Crippen molar-refractivity contribution < 1.29 is 22.0 Å². The number of hydrogen-bond acceptors (Lipinski definition) is 2. The van der Waals surface area contributed by atoms with E-state index in [-0.39, 0.29) is 0 Å². The normalized spacial score (nSPS) is 6.25. The van der Waals surface area contributed by atoms with Crippen LogP contribution in [0.2, 0.25) is 0 Å². The summed E-state index contributed by atoms with van der Waals surface area (Å²) >= 11 is -1.33. The molecule has 0 aromatic heterocycles. The van der Waals surface area contributed by atoms with E-state index in [1.807, 2.05) is 0 Å². The molecule has 0 saturated carbocycles. The molecule has 0 fully saturated rings. The van der Waals surface area contributed by atoms with Gasteiger partial charge in [-0.05, 0) is 0 Å². The molecule has 0 aliphatic heterocycles. The third-order valence-electron chi connectivity index (χ3n) is 0. The molecular formula is HMoO2Se. The fraction of sp³-hybridized carbons (Fsp3) is 0. The first-order valence-corrected chi connectivity index (χ1v) is 7.58. The first-order valence-electron chi connectivity index (χ1n) is 0.516. The molecular weight excluding hydrogens is 207 g/mol. The second-order valence-electron chi connectivity index (χ2n) is 0.217. The van der Waals surface area contributed by atoms with E-state index < -0.39 is 15.2 Å². The molecule has 4 heteroatoms. The Morgan fingerprint density at radius 3 is 1.50 bits per heavy atom. The average molecular weight is 208 g/mol. The molecule has 0 heterocycles. The van der Waals surface area contributed by atoms with Gasteiger partial charge in [-0.3, -0.25) is 0 Å². The SMILES string of the molecule is [O]=[Mo](=[O])[SeH]. The molecule has 0 aromatic rings. The van der Waals surface area contributed by atoms with Crippen LogP contribution in [0.1, 0.15) is 0 Å². The summed E-state index contributed by atoms with van der Waals surface area (Å²) in [5.74, 6) is 0. The van der Waals surface area contributed by atoms with Crippen molar-refractivity contribution in [2.75, 3.05) is 0 Å². The first-order chi connectivity index (χ1) is 1.73. The summed E-state index contributed by atoms with van der Waals surface area (Å²) in [6.07, 6.45) is 0. The Morgan fingerprint density at radius 2 is 1.50 bits per heavy atom. The average Bonchev–Trinajstić information content (AvgIpc) is 0.811. The zero-order valence-electron chi connectivity index (χ0n) is 1.67. The quantitative estimate of drug-likeness (QED) is 0.484. The molecule has 0 bridgehead atoms. The van der Waals surface area contributed by atoms with Crippen molar-refractivity contribution in [3.8, 4) is 0 Å². The standard InChI is InChI=1S/Mo.2O.H2Se/h;;;1H2/q+1;;;/p-1. The molecule has 0 spiro atoms. The van der Waals surface area contributed by atoms with E-state index in [1.54, 1.807) is 13.4 Å². The van der Waals surface area contributed by atoms with Crippen molar-refractivity contribution in [3.05, 3.63) is 0 Å². The summed E-state index contributed by atoms with van der Waals surface area (Å²) in [4.78, 5) is 0. The van der Waals surface area contributed by atoms with E-state index in [9.17, 15) is 0 Å². The van der Waals surface area contributed by atoms with E-state index in [0.29, 0.717) is 0 Å². The van der Waals surface area contributed by atoms with Crippen LogP contribution in [0.15, 0.2) is 0 Å². The van der Waals surface area contributed by atoms with Crippen LogP contribution in [0.4, 0.5) is 0 Å². The summed E-state index contributed by atoms with van der Waals surface area (Å²) in [5.41, 5.74) is 0. The molecule has 25 valence electrons. The first kappa shape index (κ1) is 4.81. The van der Waals surface area contributed by atoms with Crippen LogP contribution in [-0.2, 0) is 22.0 Å². The Balaban J connectivity index is 3.51. The van der Waals surface area contributed by atoms with Crippen molar-refractivity contribution in [2.45, 2.75) is 0 Å². The van der Waals surface area contributed by atoms with Crippen molar-refractivity contribution in [1.82, 2.24) is 0 Å². The van der Waals surface area contributed by atoms with Crippen LogP contribution in [0.25, 0.3) is 0 Å². The van der Waals surface area contributed by atoms with Crippen molar-refractivity contribution in [3.63, 3.8) is 0 Å². The molecule has 0 aliphatic carbocycles.